The van der Waals surface area contributed by atoms with Gasteiger partial charge in [-0.2, -0.15) is 5.10 Å². The third-order valence-electron chi connectivity index (χ3n) is 5.79. The lowest BCUT2D eigenvalue weighted by Gasteiger charge is -2.34. The van der Waals surface area contributed by atoms with E-state index in [2.05, 4.69) is 29.2 Å². The first-order valence-electron chi connectivity index (χ1n) is 10.7. The Morgan fingerprint density at radius 3 is 2.47 bits per heavy atom. The van der Waals surface area contributed by atoms with Crippen LogP contribution in [0.15, 0.2) is 24.4 Å². The van der Waals surface area contributed by atoms with Crippen LogP contribution in [0.3, 0.4) is 0 Å². The van der Waals surface area contributed by atoms with E-state index in [4.69, 9.17) is 9.47 Å². The van der Waals surface area contributed by atoms with Crippen molar-refractivity contribution in [3.05, 3.63) is 41.2 Å². The molecule has 1 aliphatic heterocycles. The van der Waals surface area contributed by atoms with Crippen molar-refractivity contribution in [1.29, 1.82) is 0 Å². The molecule has 164 valence electrons. The second-order valence-corrected chi connectivity index (χ2v) is 8.35. The molecule has 0 spiro atoms. The molecule has 7 nitrogen and oxygen atoms in total. The second kappa shape index (κ2) is 9.51. The minimum absolute atomic E-state index is 0.129. The molecule has 1 N–H and O–H groups in total. The first kappa shape index (κ1) is 22.2. The minimum atomic E-state index is -0.145. The molecule has 0 bridgehead atoms. The van der Waals surface area contributed by atoms with Crippen molar-refractivity contribution in [1.82, 2.24) is 20.0 Å². The summed E-state index contributed by atoms with van der Waals surface area (Å²) in [4.78, 5) is 15.3. The van der Waals surface area contributed by atoms with Gasteiger partial charge in [-0.3, -0.25) is 9.48 Å². The number of rotatable bonds is 7. The van der Waals surface area contributed by atoms with Gasteiger partial charge in [-0.05, 0) is 58.7 Å². The molecule has 0 unspecified atom stereocenters. The van der Waals surface area contributed by atoms with Gasteiger partial charge in [0.2, 0.25) is 0 Å². The number of likely N-dealkylation sites (tertiary alicyclic amines) is 1. The Kier molecular flexibility index (Phi) is 7.02. The molecule has 0 aliphatic carbocycles. The number of benzene rings is 1. The third-order valence-corrected chi connectivity index (χ3v) is 5.79. The Morgan fingerprint density at radius 2 is 1.90 bits per heavy atom. The van der Waals surface area contributed by atoms with Crippen molar-refractivity contribution >= 4 is 5.91 Å². The summed E-state index contributed by atoms with van der Waals surface area (Å²) in [7, 11) is 3.50. The average molecular weight is 415 g/mol. The van der Waals surface area contributed by atoms with Gasteiger partial charge in [-0.1, -0.05) is 0 Å². The van der Waals surface area contributed by atoms with Crippen molar-refractivity contribution < 1.29 is 14.3 Å². The number of amides is 1. The fourth-order valence-electron chi connectivity index (χ4n) is 4.00. The summed E-state index contributed by atoms with van der Waals surface area (Å²) >= 11 is 0. The molecule has 3 rings (SSSR count). The number of methoxy groups -OCH3 is 1. The van der Waals surface area contributed by atoms with E-state index in [0.717, 1.165) is 37.2 Å². The number of aromatic nitrogens is 2. The highest BCUT2D eigenvalue weighted by molar-refractivity contribution is 5.95. The first-order chi connectivity index (χ1) is 14.3. The van der Waals surface area contributed by atoms with Crippen molar-refractivity contribution in [2.75, 3.05) is 20.2 Å². The summed E-state index contributed by atoms with van der Waals surface area (Å²) in [5, 5.41) is 7.41. The molecule has 2 heterocycles. The Bertz CT molecular complexity index is 869. The Labute approximate surface area is 179 Å². The lowest BCUT2D eigenvalue weighted by molar-refractivity contribution is 0.0818. The Balaban J connectivity index is 1.69. The van der Waals surface area contributed by atoms with E-state index in [9.17, 15) is 4.79 Å². The zero-order valence-electron chi connectivity index (χ0n) is 18.9. The van der Waals surface area contributed by atoms with Crippen LogP contribution in [-0.4, -0.2) is 52.9 Å². The van der Waals surface area contributed by atoms with Gasteiger partial charge in [0.05, 0.1) is 18.8 Å². The molecule has 1 saturated heterocycles. The SMILES string of the molecule is COc1ccc(C(=O)N[C@@H](C)c2cn(C)nc2C)cc1OC1CCN(C(C)C)CC1. The van der Waals surface area contributed by atoms with Crippen LogP contribution in [0.5, 0.6) is 11.5 Å². The van der Waals surface area contributed by atoms with Gasteiger partial charge in [-0.25, -0.2) is 0 Å². The maximum atomic E-state index is 12.9. The topological polar surface area (TPSA) is 68.6 Å². The van der Waals surface area contributed by atoms with Crippen LogP contribution in [0, 0.1) is 6.92 Å². The monoisotopic (exact) mass is 414 g/mol. The predicted octanol–water partition coefficient (Wildman–Crippen LogP) is 3.48. The molecule has 7 heteroatoms. The van der Waals surface area contributed by atoms with Crippen LogP contribution in [0.4, 0.5) is 0 Å². The van der Waals surface area contributed by atoms with Gasteiger partial charge < -0.3 is 19.7 Å². The van der Waals surface area contributed by atoms with Crippen molar-refractivity contribution in [2.24, 2.45) is 7.05 Å². The van der Waals surface area contributed by atoms with Crippen molar-refractivity contribution in [3.8, 4) is 11.5 Å². The highest BCUT2D eigenvalue weighted by Crippen LogP contribution is 2.31. The minimum Gasteiger partial charge on any atom is -0.493 e. The zero-order chi connectivity index (χ0) is 21.8. The van der Waals surface area contributed by atoms with E-state index in [1.54, 1.807) is 30.0 Å². The number of nitrogens with one attached hydrogen (secondary N) is 1. The van der Waals surface area contributed by atoms with Crippen LogP contribution in [-0.2, 0) is 7.05 Å². The second-order valence-electron chi connectivity index (χ2n) is 8.35. The van der Waals surface area contributed by atoms with Crippen LogP contribution in [0.2, 0.25) is 0 Å². The van der Waals surface area contributed by atoms with Gasteiger partial charge in [0.15, 0.2) is 11.5 Å². The van der Waals surface area contributed by atoms with E-state index in [1.165, 1.54) is 0 Å². The largest absolute Gasteiger partial charge is 0.493 e. The Hall–Kier alpha value is -2.54. The summed E-state index contributed by atoms with van der Waals surface area (Å²) < 4.78 is 13.5. The molecule has 30 heavy (non-hydrogen) atoms. The molecule has 0 saturated carbocycles. The number of ether oxygens (including phenoxy) is 2. The summed E-state index contributed by atoms with van der Waals surface area (Å²) in [6, 6.07) is 5.76. The van der Waals surface area contributed by atoms with Crippen molar-refractivity contribution in [2.45, 2.75) is 58.7 Å². The third kappa shape index (κ3) is 5.14. The summed E-state index contributed by atoms with van der Waals surface area (Å²) in [6.07, 6.45) is 4.00. The van der Waals surface area contributed by atoms with E-state index in [0.29, 0.717) is 23.1 Å². The quantitative estimate of drug-likeness (QED) is 0.751. The van der Waals surface area contributed by atoms with Crippen LogP contribution in [0.25, 0.3) is 0 Å². The van der Waals surface area contributed by atoms with Gasteiger partial charge >= 0.3 is 0 Å². The number of aryl methyl sites for hydroxylation is 2. The molecule has 0 radical (unpaired) electrons. The summed E-state index contributed by atoms with van der Waals surface area (Å²) in [5.74, 6) is 1.13. The molecular formula is C23H34N4O3. The Morgan fingerprint density at radius 1 is 1.20 bits per heavy atom. The first-order valence-corrected chi connectivity index (χ1v) is 10.7. The van der Waals surface area contributed by atoms with E-state index >= 15 is 0 Å². The zero-order valence-corrected chi connectivity index (χ0v) is 18.9. The average Bonchev–Trinajstić information content (AvgIpc) is 3.06. The van der Waals surface area contributed by atoms with Crippen molar-refractivity contribution in [3.63, 3.8) is 0 Å². The van der Waals surface area contributed by atoms with E-state index in [1.807, 2.05) is 27.1 Å². The summed E-state index contributed by atoms with van der Waals surface area (Å²) in [6.45, 7) is 10.4. The van der Waals surface area contributed by atoms with Gasteiger partial charge in [-0.15, -0.1) is 0 Å². The number of hydrogen-bond donors (Lipinski definition) is 1. The molecule has 1 aliphatic rings. The number of carbonyl (C=O) groups is 1. The molecule has 1 atom stereocenters. The van der Waals surface area contributed by atoms with Crippen LogP contribution >= 0.6 is 0 Å². The number of carbonyl (C=O) groups excluding carboxylic acids is 1. The maximum Gasteiger partial charge on any atom is 0.251 e. The molecule has 1 fully saturated rings. The highest BCUT2D eigenvalue weighted by Gasteiger charge is 2.24. The maximum absolute atomic E-state index is 12.9. The molecular weight excluding hydrogens is 380 g/mol. The molecule has 1 amide bonds. The van der Waals surface area contributed by atoms with Gasteiger partial charge in [0.25, 0.3) is 5.91 Å². The van der Waals surface area contributed by atoms with E-state index < -0.39 is 0 Å². The van der Waals surface area contributed by atoms with Gasteiger partial charge in [0.1, 0.15) is 6.10 Å². The lowest BCUT2D eigenvalue weighted by Crippen LogP contribution is -2.41. The summed E-state index contributed by atoms with van der Waals surface area (Å²) in [5.41, 5.74) is 2.48. The predicted molar refractivity (Wildman–Crippen MR) is 117 cm³/mol. The fourth-order valence-corrected chi connectivity index (χ4v) is 4.00. The normalized spacial score (nSPS) is 16.5. The molecule has 2 aromatic rings. The van der Waals surface area contributed by atoms with E-state index in [-0.39, 0.29) is 18.1 Å². The number of piperidine rings is 1. The van der Waals surface area contributed by atoms with Crippen LogP contribution in [0.1, 0.15) is 61.3 Å². The van der Waals surface area contributed by atoms with Crippen LogP contribution < -0.4 is 14.8 Å². The molecule has 1 aromatic heterocycles. The smallest absolute Gasteiger partial charge is 0.251 e. The number of nitrogens with zero attached hydrogens (tertiary/aromatic N) is 3. The highest BCUT2D eigenvalue weighted by atomic mass is 16.5. The standard InChI is InChI=1S/C23H34N4O3/c1-15(2)27-11-9-19(10-12-27)30-22-13-18(7-8-21(22)29-6)23(28)24-16(3)20-14-26(5)25-17(20)4/h7-8,13-16,19H,9-12H2,1-6H3,(H,24,28)/t16-/m0/s1. The van der Waals surface area contributed by atoms with Gasteiger partial charge in [0, 0.05) is 43.5 Å². The number of hydrogen-bond acceptors (Lipinski definition) is 5. The molecule has 1 aromatic carbocycles. The fraction of sp³-hybridized carbons (Fsp3) is 0.565. The lowest BCUT2D eigenvalue weighted by atomic mass is 10.1.